The predicted octanol–water partition coefficient (Wildman–Crippen LogP) is 3.45. The lowest BCUT2D eigenvalue weighted by atomic mass is 10.00. The topological polar surface area (TPSA) is 24.9 Å². The third kappa shape index (κ3) is 3.72. The Morgan fingerprint density at radius 3 is 2.62 bits per heavy atom. The van der Waals surface area contributed by atoms with Crippen molar-refractivity contribution in [3.8, 4) is 0 Å². The maximum absolute atomic E-state index is 4.52. The second kappa shape index (κ2) is 6.16. The normalized spacial score (nSPS) is 14.8. The Labute approximate surface area is 103 Å². The number of allylic oxidation sites excluding steroid dienone is 1. The predicted molar refractivity (Wildman–Crippen MR) is 71.9 cm³/mol. The standard InChI is InChI=1S/C13H22N2S/c1-6-7-9(2)10(3)14-8-13-11(4)16-12(5)15-13/h6,9-10,14H,1,7-8H2,2-5H3. The summed E-state index contributed by atoms with van der Waals surface area (Å²) >= 11 is 1.77. The van der Waals surface area contributed by atoms with Crippen molar-refractivity contribution in [1.29, 1.82) is 0 Å². The summed E-state index contributed by atoms with van der Waals surface area (Å²) in [6, 6.07) is 0.499. The molecule has 0 aromatic carbocycles. The van der Waals surface area contributed by atoms with Gasteiger partial charge in [0.05, 0.1) is 10.7 Å². The Hall–Kier alpha value is -0.670. The largest absolute Gasteiger partial charge is 0.308 e. The van der Waals surface area contributed by atoms with Crippen LogP contribution in [-0.4, -0.2) is 11.0 Å². The highest BCUT2D eigenvalue weighted by Crippen LogP contribution is 2.17. The average molecular weight is 238 g/mol. The third-order valence-corrected chi connectivity index (χ3v) is 3.91. The lowest BCUT2D eigenvalue weighted by Gasteiger charge is -2.19. The molecule has 0 saturated carbocycles. The third-order valence-electron chi connectivity index (χ3n) is 2.98. The molecular weight excluding hydrogens is 216 g/mol. The fraction of sp³-hybridized carbons (Fsp3) is 0.615. The number of thiazole rings is 1. The van der Waals surface area contributed by atoms with Gasteiger partial charge in [0.1, 0.15) is 0 Å². The first-order valence-corrected chi connectivity index (χ1v) is 6.63. The highest BCUT2D eigenvalue weighted by atomic mass is 32.1. The molecule has 0 aliphatic carbocycles. The number of hydrogen-bond acceptors (Lipinski definition) is 3. The second-order valence-electron chi connectivity index (χ2n) is 4.41. The average Bonchev–Trinajstić information content (AvgIpc) is 2.54. The van der Waals surface area contributed by atoms with Gasteiger partial charge < -0.3 is 5.32 Å². The molecule has 0 amide bonds. The minimum absolute atomic E-state index is 0.499. The van der Waals surface area contributed by atoms with E-state index in [1.54, 1.807) is 11.3 Å². The fourth-order valence-corrected chi connectivity index (χ4v) is 2.50. The second-order valence-corrected chi connectivity index (χ2v) is 5.81. The van der Waals surface area contributed by atoms with Crippen molar-refractivity contribution >= 4 is 11.3 Å². The van der Waals surface area contributed by atoms with Crippen LogP contribution < -0.4 is 5.32 Å². The van der Waals surface area contributed by atoms with E-state index in [4.69, 9.17) is 0 Å². The molecule has 0 aliphatic rings. The van der Waals surface area contributed by atoms with Gasteiger partial charge in [0.25, 0.3) is 0 Å². The molecular formula is C13H22N2S. The summed E-state index contributed by atoms with van der Waals surface area (Å²) in [6.07, 6.45) is 3.05. The molecule has 1 aromatic rings. The SMILES string of the molecule is C=CCC(C)C(C)NCc1nc(C)sc1C. The Morgan fingerprint density at radius 1 is 1.44 bits per heavy atom. The van der Waals surface area contributed by atoms with Crippen molar-refractivity contribution in [3.05, 3.63) is 28.2 Å². The van der Waals surface area contributed by atoms with E-state index >= 15 is 0 Å². The van der Waals surface area contributed by atoms with Crippen molar-refractivity contribution < 1.29 is 0 Å². The molecule has 2 atom stereocenters. The van der Waals surface area contributed by atoms with Crippen LogP contribution >= 0.6 is 11.3 Å². The molecule has 16 heavy (non-hydrogen) atoms. The van der Waals surface area contributed by atoms with E-state index in [1.165, 1.54) is 10.6 Å². The fourth-order valence-electron chi connectivity index (χ4n) is 1.66. The van der Waals surface area contributed by atoms with Crippen LogP contribution in [0.2, 0.25) is 0 Å². The summed E-state index contributed by atoms with van der Waals surface area (Å²) in [4.78, 5) is 5.85. The number of hydrogen-bond donors (Lipinski definition) is 1. The van der Waals surface area contributed by atoms with Crippen molar-refractivity contribution in [2.75, 3.05) is 0 Å². The molecule has 2 nitrogen and oxygen atoms in total. The zero-order chi connectivity index (χ0) is 12.1. The summed E-state index contributed by atoms with van der Waals surface area (Å²) in [5.41, 5.74) is 1.19. The molecule has 0 spiro atoms. The highest BCUT2D eigenvalue weighted by molar-refractivity contribution is 7.11. The number of aromatic nitrogens is 1. The zero-order valence-electron chi connectivity index (χ0n) is 10.7. The van der Waals surface area contributed by atoms with Gasteiger partial charge in [0.15, 0.2) is 0 Å². The molecule has 1 heterocycles. The summed E-state index contributed by atoms with van der Waals surface area (Å²) in [5.74, 6) is 0.623. The van der Waals surface area contributed by atoms with Crippen molar-refractivity contribution in [2.24, 2.45) is 5.92 Å². The van der Waals surface area contributed by atoms with E-state index < -0.39 is 0 Å². The van der Waals surface area contributed by atoms with Crippen LogP contribution in [0.25, 0.3) is 0 Å². The molecule has 0 saturated heterocycles. The molecule has 1 rings (SSSR count). The van der Waals surface area contributed by atoms with E-state index in [-0.39, 0.29) is 0 Å². The maximum Gasteiger partial charge on any atom is 0.0900 e. The van der Waals surface area contributed by atoms with E-state index in [0.29, 0.717) is 12.0 Å². The van der Waals surface area contributed by atoms with Gasteiger partial charge in [0, 0.05) is 17.5 Å². The molecule has 1 aromatic heterocycles. The monoisotopic (exact) mass is 238 g/mol. The van der Waals surface area contributed by atoms with Crippen LogP contribution in [0.15, 0.2) is 12.7 Å². The zero-order valence-corrected chi connectivity index (χ0v) is 11.5. The van der Waals surface area contributed by atoms with Gasteiger partial charge >= 0.3 is 0 Å². The smallest absolute Gasteiger partial charge is 0.0900 e. The van der Waals surface area contributed by atoms with Crippen LogP contribution in [0, 0.1) is 19.8 Å². The van der Waals surface area contributed by atoms with Gasteiger partial charge in [-0.3, -0.25) is 0 Å². The number of nitrogens with zero attached hydrogens (tertiary/aromatic N) is 1. The van der Waals surface area contributed by atoms with Crippen LogP contribution in [0.5, 0.6) is 0 Å². The maximum atomic E-state index is 4.52. The Kier molecular flexibility index (Phi) is 5.16. The van der Waals surface area contributed by atoms with Gasteiger partial charge in [-0.15, -0.1) is 17.9 Å². The molecule has 3 heteroatoms. The summed E-state index contributed by atoms with van der Waals surface area (Å²) in [6.45, 7) is 13.3. The van der Waals surface area contributed by atoms with E-state index in [0.717, 1.165) is 18.0 Å². The van der Waals surface area contributed by atoms with Crippen LogP contribution in [0.4, 0.5) is 0 Å². The molecule has 0 radical (unpaired) electrons. The number of aryl methyl sites for hydroxylation is 2. The van der Waals surface area contributed by atoms with Crippen LogP contribution in [0.1, 0.15) is 35.8 Å². The van der Waals surface area contributed by atoms with Crippen molar-refractivity contribution in [1.82, 2.24) is 10.3 Å². The molecule has 0 fully saturated rings. The van der Waals surface area contributed by atoms with Crippen molar-refractivity contribution in [2.45, 2.75) is 46.7 Å². The van der Waals surface area contributed by atoms with Gasteiger partial charge in [-0.25, -0.2) is 4.98 Å². The summed E-state index contributed by atoms with van der Waals surface area (Å²) in [5, 5.41) is 4.69. The first kappa shape index (κ1) is 13.4. The van der Waals surface area contributed by atoms with Gasteiger partial charge in [0.2, 0.25) is 0 Å². The van der Waals surface area contributed by atoms with Gasteiger partial charge in [-0.2, -0.15) is 0 Å². The quantitative estimate of drug-likeness (QED) is 0.768. The molecule has 1 N–H and O–H groups in total. The Bertz CT molecular complexity index is 344. The lowest BCUT2D eigenvalue weighted by molar-refractivity contribution is 0.400. The molecule has 0 aliphatic heterocycles. The summed E-state index contributed by atoms with van der Waals surface area (Å²) < 4.78 is 0. The van der Waals surface area contributed by atoms with E-state index in [2.05, 4.69) is 44.6 Å². The van der Waals surface area contributed by atoms with Gasteiger partial charge in [-0.1, -0.05) is 13.0 Å². The summed E-state index contributed by atoms with van der Waals surface area (Å²) in [7, 11) is 0. The van der Waals surface area contributed by atoms with E-state index in [1.807, 2.05) is 6.08 Å². The van der Waals surface area contributed by atoms with E-state index in [9.17, 15) is 0 Å². The minimum atomic E-state index is 0.499. The first-order chi connectivity index (χ1) is 7.54. The Morgan fingerprint density at radius 2 is 2.12 bits per heavy atom. The number of nitrogens with one attached hydrogen (secondary N) is 1. The molecule has 90 valence electrons. The van der Waals surface area contributed by atoms with Gasteiger partial charge in [-0.05, 0) is 33.1 Å². The first-order valence-electron chi connectivity index (χ1n) is 5.81. The Balaban J connectivity index is 2.45. The van der Waals surface area contributed by atoms with Crippen molar-refractivity contribution in [3.63, 3.8) is 0 Å². The minimum Gasteiger partial charge on any atom is -0.308 e. The van der Waals surface area contributed by atoms with Crippen LogP contribution in [0.3, 0.4) is 0 Å². The molecule has 2 unspecified atom stereocenters. The molecule has 0 bridgehead atoms. The van der Waals surface area contributed by atoms with Crippen LogP contribution in [-0.2, 0) is 6.54 Å². The number of rotatable bonds is 6. The highest BCUT2D eigenvalue weighted by Gasteiger charge is 2.11. The lowest BCUT2D eigenvalue weighted by Crippen LogP contribution is -2.31.